The average molecular weight is 513 g/mol. The molecular weight excluding hydrogens is 493 g/mol. The fourth-order valence-electron chi connectivity index (χ4n) is 2.93. The van der Waals surface area contributed by atoms with Gasteiger partial charge < -0.3 is 15.2 Å². The third-order valence-electron chi connectivity index (χ3n) is 4.57. The highest BCUT2D eigenvalue weighted by molar-refractivity contribution is 7.99. The smallest absolute Gasteiger partial charge is 0.253 e. The Kier molecular flexibility index (Phi) is 8.05. The number of thioether (sulfide) groups is 1. The molecule has 2 aromatic carbocycles. The lowest BCUT2D eigenvalue weighted by Crippen LogP contribution is -2.28. The van der Waals surface area contributed by atoms with Crippen molar-refractivity contribution in [1.82, 2.24) is 20.1 Å². The summed E-state index contributed by atoms with van der Waals surface area (Å²) < 4.78 is 1.74. The third-order valence-corrected chi connectivity index (χ3v) is 6.38. The van der Waals surface area contributed by atoms with Gasteiger partial charge in [-0.05, 0) is 55.8 Å². The molecule has 1 aromatic heterocycles. The van der Waals surface area contributed by atoms with Gasteiger partial charge in [-0.15, -0.1) is 10.2 Å². The molecule has 3 rings (SSSR count). The minimum absolute atomic E-state index is 0.148. The molecule has 2 N–H and O–H groups in total. The maximum Gasteiger partial charge on any atom is 0.253 e. The standard InChI is InChI=1S/C21H20Cl3N5O2S/c1-11-8-13(22)5-7-17(11)26-18(30)10-32-21-28-27-19(29(21)3)12(2)25-20(31)15-6-4-14(23)9-16(15)24/h4-9,12H,10H2,1-3H3,(H,25,31)(H,26,30)/t12-/m1/s1. The SMILES string of the molecule is Cc1cc(Cl)ccc1NC(=O)CSc1nnc([C@@H](C)NC(=O)c2ccc(Cl)cc2Cl)n1C. The van der Waals surface area contributed by atoms with Crippen molar-refractivity contribution in [3.63, 3.8) is 0 Å². The van der Waals surface area contributed by atoms with Crippen molar-refractivity contribution >= 4 is 64.1 Å². The van der Waals surface area contributed by atoms with Gasteiger partial charge in [0.15, 0.2) is 11.0 Å². The fraction of sp³-hybridized carbons (Fsp3) is 0.238. The number of aryl methyl sites for hydroxylation is 1. The van der Waals surface area contributed by atoms with Crippen molar-refractivity contribution < 1.29 is 9.59 Å². The molecule has 1 heterocycles. The van der Waals surface area contributed by atoms with E-state index in [4.69, 9.17) is 34.8 Å². The van der Waals surface area contributed by atoms with E-state index in [1.54, 1.807) is 48.9 Å². The third kappa shape index (κ3) is 5.95. The van der Waals surface area contributed by atoms with Crippen LogP contribution in [0.2, 0.25) is 15.1 Å². The van der Waals surface area contributed by atoms with Gasteiger partial charge >= 0.3 is 0 Å². The molecule has 168 valence electrons. The number of nitrogens with zero attached hydrogens (tertiary/aromatic N) is 3. The first kappa shape index (κ1) is 24.4. The normalized spacial score (nSPS) is 11.8. The predicted molar refractivity (Wildman–Crippen MR) is 129 cm³/mol. The van der Waals surface area contributed by atoms with Gasteiger partial charge in [0.25, 0.3) is 5.91 Å². The molecule has 0 fully saturated rings. The first-order chi connectivity index (χ1) is 15.2. The van der Waals surface area contributed by atoms with E-state index in [1.807, 2.05) is 6.92 Å². The summed E-state index contributed by atoms with van der Waals surface area (Å²) in [6.07, 6.45) is 0. The Balaban J connectivity index is 1.60. The van der Waals surface area contributed by atoms with Crippen molar-refractivity contribution in [2.24, 2.45) is 7.05 Å². The summed E-state index contributed by atoms with van der Waals surface area (Å²) in [5.74, 6) is 0.160. The fourth-order valence-corrected chi connectivity index (χ4v) is 4.36. The molecule has 0 aliphatic heterocycles. The molecular formula is C21H20Cl3N5O2S. The number of carbonyl (C=O) groups is 2. The van der Waals surface area contributed by atoms with Gasteiger partial charge in [-0.25, -0.2) is 0 Å². The topological polar surface area (TPSA) is 88.9 Å². The predicted octanol–water partition coefficient (Wildman–Crippen LogP) is 5.31. The molecule has 0 aliphatic carbocycles. The molecule has 0 bridgehead atoms. The van der Waals surface area contributed by atoms with Crippen LogP contribution in [-0.4, -0.2) is 32.3 Å². The van der Waals surface area contributed by atoms with Crippen LogP contribution in [0.3, 0.4) is 0 Å². The summed E-state index contributed by atoms with van der Waals surface area (Å²) in [5, 5.41) is 15.9. The van der Waals surface area contributed by atoms with Gasteiger partial charge in [-0.3, -0.25) is 9.59 Å². The number of aromatic nitrogens is 3. The van der Waals surface area contributed by atoms with Crippen LogP contribution in [0.25, 0.3) is 0 Å². The van der Waals surface area contributed by atoms with Crippen molar-refractivity contribution in [2.45, 2.75) is 25.0 Å². The summed E-state index contributed by atoms with van der Waals surface area (Å²) in [6, 6.07) is 9.50. The Hall–Kier alpha value is -2.26. The second-order valence-electron chi connectivity index (χ2n) is 7.02. The number of hydrogen-bond acceptors (Lipinski definition) is 5. The van der Waals surface area contributed by atoms with E-state index < -0.39 is 6.04 Å². The van der Waals surface area contributed by atoms with Gasteiger partial charge in [0, 0.05) is 22.8 Å². The highest BCUT2D eigenvalue weighted by Crippen LogP contribution is 2.24. The molecule has 2 amide bonds. The molecule has 0 unspecified atom stereocenters. The van der Waals surface area contributed by atoms with Gasteiger partial charge in [0.1, 0.15) is 0 Å². The minimum atomic E-state index is -0.438. The van der Waals surface area contributed by atoms with Crippen molar-refractivity contribution in [1.29, 1.82) is 0 Å². The molecule has 0 saturated heterocycles. The summed E-state index contributed by atoms with van der Waals surface area (Å²) >= 11 is 19.2. The average Bonchev–Trinajstić information content (AvgIpc) is 3.09. The van der Waals surface area contributed by atoms with E-state index in [0.717, 1.165) is 5.56 Å². The van der Waals surface area contributed by atoms with E-state index >= 15 is 0 Å². The van der Waals surface area contributed by atoms with Gasteiger partial charge in [0.2, 0.25) is 5.91 Å². The van der Waals surface area contributed by atoms with Crippen molar-refractivity contribution in [3.05, 3.63) is 68.4 Å². The van der Waals surface area contributed by atoms with E-state index in [9.17, 15) is 9.59 Å². The Morgan fingerprint density at radius 2 is 1.78 bits per heavy atom. The summed E-state index contributed by atoms with van der Waals surface area (Å²) in [5.41, 5.74) is 1.90. The van der Waals surface area contributed by atoms with Crippen LogP contribution in [0.15, 0.2) is 41.6 Å². The lowest BCUT2D eigenvalue weighted by Gasteiger charge is -2.14. The largest absolute Gasteiger partial charge is 0.342 e. The van der Waals surface area contributed by atoms with Crippen LogP contribution < -0.4 is 10.6 Å². The maximum absolute atomic E-state index is 12.6. The molecule has 7 nitrogen and oxygen atoms in total. The number of hydrogen-bond donors (Lipinski definition) is 2. The molecule has 0 radical (unpaired) electrons. The van der Waals surface area contributed by atoms with Gasteiger partial charge in [-0.1, -0.05) is 46.6 Å². The van der Waals surface area contributed by atoms with E-state index in [-0.39, 0.29) is 22.6 Å². The second-order valence-corrected chi connectivity index (χ2v) is 9.24. The number of amides is 2. The van der Waals surface area contributed by atoms with E-state index in [2.05, 4.69) is 20.8 Å². The minimum Gasteiger partial charge on any atom is -0.342 e. The lowest BCUT2D eigenvalue weighted by molar-refractivity contribution is -0.113. The van der Waals surface area contributed by atoms with Crippen LogP contribution in [-0.2, 0) is 11.8 Å². The molecule has 0 saturated carbocycles. The number of benzene rings is 2. The summed E-state index contributed by atoms with van der Waals surface area (Å²) in [6.45, 7) is 3.66. The summed E-state index contributed by atoms with van der Waals surface area (Å²) in [7, 11) is 1.77. The van der Waals surface area contributed by atoms with Crippen molar-refractivity contribution in [2.75, 3.05) is 11.1 Å². The Labute approximate surface area is 204 Å². The van der Waals surface area contributed by atoms with Gasteiger partial charge in [0.05, 0.1) is 22.4 Å². The van der Waals surface area contributed by atoms with Gasteiger partial charge in [-0.2, -0.15) is 0 Å². The van der Waals surface area contributed by atoms with E-state index in [1.165, 1.54) is 17.8 Å². The Bertz CT molecular complexity index is 1170. The summed E-state index contributed by atoms with van der Waals surface area (Å²) in [4.78, 5) is 24.9. The maximum atomic E-state index is 12.6. The quantitative estimate of drug-likeness (QED) is 0.419. The monoisotopic (exact) mass is 511 g/mol. The highest BCUT2D eigenvalue weighted by atomic mass is 35.5. The van der Waals surface area contributed by atoms with E-state index in [0.29, 0.717) is 32.3 Å². The first-order valence-corrected chi connectivity index (χ1v) is 11.6. The number of halogens is 3. The Morgan fingerprint density at radius 3 is 2.47 bits per heavy atom. The highest BCUT2D eigenvalue weighted by Gasteiger charge is 2.20. The number of carbonyl (C=O) groups excluding carboxylic acids is 2. The zero-order valence-electron chi connectivity index (χ0n) is 17.4. The zero-order valence-corrected chi connectivity index (χ0v) is 20.5. The Morgan fingerprint density at radius 1 is 1.09 bits per heavy atom. The van der Waals surface area contributed by atoms with Crippen molar-refractivity contribution in [3.8, 4) is 0 Å². The van der Waals surface area contributed by atoms with Crippen LogP contribution in [0.4, 0.5) is 5.69 Å². The lowest BCUT2D eigenvalue weighted by atomic mass is 10.2. The van der Waals surface area contributed by atoms with Crippen LogP contribution >= 0.6 is 46.6 Å². The molecule has 1 atom stereocenters. The van der Waals surface area contributed by atoms with Crippen LogP contribution in [0, 0.1) is 6.92 Å². The van der Waals surface area contributed by atoms with Crippen LogP contribution in [0.1, 0.15) is 34.7 Å². The molecule has 32 heavy (non-hydrogen) atoms. The number of rotatable bonds is 7. The molecule has 0 aliphatic rings. The zero-order chi connectivity index (χ0) is 23.4. The first-order valence-electron chi connectivity index (χ1n) is 9.49. The van der Waals surface area contributed by atoms with Crippen LogP contribution in [0.5, 0.6) is 0 Å². The molecule has 0 spiro atoms. The molecule has 11 heteroatoms. The molecule has 3 aromatic rings. The second kappa shape index (κ2) is 10.6. The number of nitrogens with one attached hydrogen (secondary N) is 2. The number of anilines is 1.